The minimum Gasteiger partial charge on any atom is -0.349 e. The van der Waals surface area contributed by atoms with Gasteiger partial charge in [0.25, 0.3) is 5.91 Å². The van der Waals surface area contributed by atoms with Crippen LogP contribution in [0.5, 0.6) is 0 Å². The van der Waals surface area contributed by atoms with Gasteiger partial charge in [-0.2, -0.15) is 0 Å². The molecule has 1 aliphatic rings. The van der Waals surface area contributed by atoms with Gasteiger partial charge in [-0.05, 0) is 31.9 Å². The van der Waals surface area contributed by atoms with E-state index in [1.54, 1.807) is 19.1 Å². The second-order valence-corrected chi connectivity index (χ2v) is 5.27. The number of hydrogen-bond donors (Lipinski definition) is 2. The second-order valence-electron chi connectivity index (χ2n) is 5.27. The molecule has 0 atom stereocenters. The molecule has 0 aliphatic heterocycles. The lowest BCUT2D eigenvalue weighted by atomic mass is 10.2. The third kappa shape index (κ3) is 3.77. The highest BCUT2D eigenvalue weighted by molar-refractivity contribution is 5.97. The van der Waals surface area contributed by atoms with E-state index in [9.17, 15) is 9.59 Å². The van der Waals surface area contributed by atoms with Gasteiger partial charge in [-0.1, -0.05) is 13.8 Å². The number of anilines is 1. The quantitative estimate of drug-likeness (QED) is 0.869. The van der Waals surface area contributed by atoms with Crippen molar-refractivity contribution >= 4 is 17.6 Å². The molecular formula is C14H19N3O2. The van der Waals surface area contributed by atoms with Crippen molar-refractivity contribution in [3.8, 4) is 0 Å². The Morgan fingerprint density at radius 1 is 1.32 bits per heavy atom. The van der Waals surface area contributed by atoms with Crippen LogP contribution in [0.15, 0.2) is 12.1 Å². The summed E-state index contributed by atoms with van der Waals surface area (Å²) < 4.78 is 0. The van der Waals surface area contributed by atoms with Crippen molar-refractivity contribution < 1.29 is 9.59 Å². The van der Waals surface area contributed by atoms with Gasteiger partial charge in [-0.15, -0.1) is 0 Å². The molecule has 5 nitrogen and oxygen atoms in total. The summed E-state index contributed by atoms with van der Waals surface area (Å²) in [7, 11) is 0. The molecular weight excluding hydrogens is 242 g/mol. The van der Waals surface area contributed by atoms with Gasteiger partial charge in [-0.3, -0.25) is 9.59 Å². The molecule has 0 aromatic carbocycles. The SMILES string of the molecule is Cc1cc(C(=O)NC2CC2)cc(NC(=O)C(C)C)n1. The normalized spacial score (nSPS) is 14.3. The smallest absolute Gasteiger partial charge is 0.251 e. The van der Waals surface area contributed by atoms with Crippen LogP contribution < -0.4 is 10.6 Å². The van der Waals surface area contributed by atoms with E-state index in [0.717, 1.165) is 12.8 Å². The fourth-order valence-electron chi connectivity index (χ4n) is 1.63. The first-order chi connectivity index (χ1) is 8.95. The Morgan fingerprint density at radius 3 is 2.58 bits per heavy atom. The standard InChI is InChI=1S/C14H19N3O2/c1-8(2)13(18)17-12-7-10(6-9(3)15-12)14(19)16-11-4-5-11/h6-8,11H,4-5H2,1-3H3,(H,16,19)(H,15,17,18). The molecule has 2 amide bonds. The Kier molecular flexibility index (Phi) is 3.83. The van der Waals surface area contributed by atoms with Crippen LogP contribution in [0.4, 0.5) is 5.82 Å². The molecule has 1 fully saturated rings. The summed E-state index contributed by atoms with van der Waals surface area (Å²) in [5, 5.41) is 5.64. The van der Waals surface area contributed by atoms with Gasteiger partial charge < -0.3 is 10.6 Å². The molecule has 2 rings (SSSR count). The van der Waals surface area contributed by atoms with E-state index >= 15 is 0 Å². The predicted molar refractivity (Wildman–Crippen MR) is 72.9 cm³/mol. The zero-order valence-electron chi connectivity index (χ0n) is 11.5. The number of carbonyl (C=O) groups excluding carboxylic acids is 2. The molecule has 0 radical (unpaired) electrons. The number of hydrogen-bond acceptors (Lipinski definition) is 3. The first-order valence-corrected chi connectivity index (χ1v) is 6.56. The maximum Gasteiger partial charge on any atom is 0.251 e. The number of amides is 2. The van der Waals surface area contributed by atoms with E-state index in [0.29, 0.717) is 23.1 Å². The van der Waals surface area contributed by atoms with E-state index in [4.69, 9.17) is 0 Å². The molecule has 19 heavy (non-hydrogen) atoms. The minimum absolute atomic E-state index is 0.104. The van der Waals surface area contributed by atoms with E-state index in [1.165, 1.54) is 0 Å². The monoisotopic (exact) mass is 261 g/mol. The highest BCUT2D eigenvalue weighted by atomic mass is 16.2. The zero-order chi connectivity index (χ0) is 14.0. The van der Waals surface area contributed by atoms with Crippen LogP contribution in [0.3, 0.4) is 0 Å². The van der Waals surface area contributed by atoms with Gasteiger partial charge in [-0.25, -0.2) is 4.98 Å². The number of rotatable bonds is 4. The molecule has 0 saturated heterocycles. The molecule has 2 N–H and O–H groups in total. The number of aryl methyl sites for hydroxylation is 1. The molecule has 0 unspecified atom stereocenters. The van der Waals surface area contributed by atoms with Crippen LogP contribution in [-0.2, 0) is 4.79 Å². The van der Waals surface area contributed by atoms with Crippen molar-refractivity contribution in [3.05, 3.63) is 23.4 Å². The van der Waals surface area contributed by atoms with E-state index in [2.05, 4.69) is 15.6 Å². The van der Waals surface area contributed by atoms with Crippen molar-refractivity contribution in [3.63, 3.8) is 0 Å². The summed E-state index contributed by atoms with van der Waals surface area (Å²) in [5.74, 6) is 0.102. The third-order valence-electron chi connectivity index (χ3n) is 2.90. The van der Waals surface area contributed by atoms with Gasteiger partial charge in [0.2, 0.25) is 5.91 Å². The summed E-state index contributed by atoms with van der Waals surface area (Å²) in [6.45, 7) is 5.43. The summed E-state index contributed by atoms with van der Waals surface area (Å²) in [6, 6.07) is 3.66. The minimum atomic E-state index is -0.119. The largest absolute Gasteiger partial charge is 0.349 e. The first-order valence-electron chi connectivity index (χ1n) is 6.56. The number of carbonyl (C=O) groups is 2. The number of nitrogens with one attached hydrogen (secondary N) is 2. The summed E-state index contributed by atoms with van der Waals surface area (Å²) in [5.41, 5.74) is 1.25. The Balaban J connectivity index is 2.13. The predicted octanol–water partition coefficient (Wildman–Crippen LogP) is 1.88. The topological polar surface area (TPSA) is 71.1 Å². The summed E-state index contributed by atoms with van der Waals surface area (Å²) >= 11 is 0. The highest BCUT2D eigenvalue weighted by Gasteiger charge is 2.24. The number of nitrogens with zero attached hydrogens (tertiary/aromatic N) is 1. The van der Waals surface area contributed by atoms with Crippen molar-refractivity contribution in [2.75, 3.05) is 5.32 Å². The van der Waals surface area contributed by atoms with Crippen LogP contribution >= 0.6 is 0 Å². The molecule has 102 valence electrons. The zero-order valence-corrected chi connectivity index (χ0v) is 11.5. The fraction of sp³-hybridized carbons (Fsp3) is 0.500. The summed E-state index contributed by atoms with van der Waals surface area (Å²) in [4.78, 5) is 27.8. The van der Waals surface area contributed by atoms with Gasteiger partial charge in [0, 0.05) is 23.2 Å². The number of aromatic nitrogens is 1. The van der Waals surface area contributed by atoms with E-state index in [1.807, 2.05) is 13.8 Å². The molecule has 0 spiro atoms. The summed E-state index contributed by atoms with van der Waals surface area (Å²) in [6.07, 6.45) is 2.10. The Bertz CT molecular complexity index is 507. The molecule has 1 saturated carbocycles. The average Bonchev–Trinajstić information content (AvgIpc) is 3.11. The molecule has 1 aliphatic carbocycles. The third-order valence-corrected chi connectivity index (χ3v) is 2.90. The molecule has 5 heteroatoms. The average molecular weight is 261 g/mol. The van der Waals surface area contributed by atoms with Crippen molar-refractivity contribution in [1.82, 2.24) is 10.3 Å². The fourth-order valence-corrected chi connectivity index (χ4v) is 1.63. The Labute approximate surface area is 112 Å². The van der Waals surface area contributed by atoms with Crippen LogP contribution in [0.1, 0.15) is 42.7 Å². The highest BCUT2D eigenvalue weighted by Crippen LogP contribution is 2.20. The van der Waals surface area contributed by atoms with E-state index < -0.39 is 0 Å². The van der Waals surface area contributed by atoms with Crippen molar-refractivity contribution in [2.45, 2.75) is 39.7 Å². The Hall–Kier alpha value is -1.91. The number of pyridine rings is 1. The van der Waals surface area contributed by atoms with Crippen LogP contribution in [0, 0.1) is 12.8 Å². The maximum atomic E-state index is 12.0. The van der Waals surface area contributed by atoms with Crippen LogP contribution in [0.25, 0.3) is 0 Å². The lowest BCUT2D eigenvalue weighted by Gasteiger charge is -2.10. The van der Waals surface area contributed by atoms with Gasteiger partial charge in [0.1, 0.15) is 5.82 Å². The Morgan fingerprint density at radius 2 is 2.00 bits per heavy atom. The first kappa shape index (κ1) is 13.5. The van der Waals surface area contributed by atoms with Crippen molar-refractivity contribution in [2.24, 2.45) is 5.92 Å². The molecule has 1 aromatic rings. The van der Waals surface area contributed by atoms with Gasteiger partial charge in [0.05, 0.1) is 0 Å². The molecule has 1 aromatic heterocycles. The molecule has 0 bridgehead atoms. The van der Waals surface area contributed by atoms with Crippen LogP contribution in [0.2, 0.25) is 0 Å². The van der Waals surface area contributed by atoms with Crippen LogP contribution in [-0.4, -0.2) is 22.8 Å². The van der Waals surface area contributed by atoms with Gasteiger partial charge in [0.15, 0.2) is 0 Å². The lowest BCUT2D eigenvalue weighted by molar-refractivity contribution is -0.118. The lowest BCUT2D eigenvalue weighted by Crippen LogP contribution is -2.26. The van der Waals surface area contributed by atoms with Gasteiger partial charge >= 0.3 is 0 Å². The maximum absolute atomic E-state index is 12.0. The molecule has 1 heterocycles. The van der Waals surface area contributed by atoms with Crippen molar-refractivity contribution in [1.29, 1.82) is 0 Å². The van der Waals surface area contributed by atoms with E-state index in [-0.39, 0.29) is 17.7 Å². The second kappa shape index (κ2) is 5.38.